The number of nitrogens with zero attached hydrogens (tertiary/aromatic N) is 10. The Morgan fingerprint density at radius 1 is 0.737 bits per heavy atom. The van der Waals surface area contributed by atoms with Gasteiger partial charge in [-0.25, -0.2) is 4.98 Å². The molecule has 288 valence electrons. The molecule has 5 aliphatic rings. The zero-order chi connectivity index (χ0) is 40.2. The second-order valence-corrected chi connectivity index (χ2v) is 14.8. The largest absolute Gasteiger partial charge is 0.453 e. The molecule has 0 bridgehead atoms. The normalized spacial score (nSPS) is 20.4. The maximum Gasteiger partial charge on any atom is 0.426 e. The number of carbonyl (C=O) groups is 2. The van der Waals surface area contributed by atoms with Crippen LogP contribution in [-0.2, 0) is 36.1 Å². The predicted octanol–water partition coefficient (Wildman–Crippen LogP) is 4.54. The van der Waals surface area contributed by atoms with Gasteiger partial charge in [0.15, 0.2) is 11.6 Å². The molecular formula is C38H40B3ClN10O5. The smallest absolute Gasteiger partial charge is 0.426 e. The van der Waals surface area contributed by atoms with Crippen LogP contribution in [0, 0.1) is 29.6 Å². The second kappa shape index (κ2) is 17.3. The number of nitriles is 2. The van der Waals surface area contributed by atoms with Gasteiger partial charge in [0.05, 0.1) is 23.5 Å². The zero-order valence-corrected chi connectivity index (χ0v) is 33.0. The Labute approximate surface area is 337 Å². The molecule has 0 aromatic carbocycles. The first-order valence-corrected chi connectivity index (χ1v) is 19.3. The Bertz CT molecular complexity index is 2120. The van der Waals surface area contributed by atoms with E-state index in [1.54, 1.807) is 30.9 Å². The van der Waals surface area contributed by atoms with Gasteiger partial charge >= 0.3 is 21.4 Å². The van der Waals surface area contributed by atoms with E-state index in [0.29, 0.717) is 17.4 Å². The number of hydrogen-bond donors (Lipinski definition) is 0. The summed E-state index contributed by atoms with van der Waals surface area (Å²) in [6.45, 7) is 10.5. The highest BCUT2D eigenvalue weighted by molar-refractivity contribution is 6.72. The average molecular weight is 785 g/mol. The molecule has 0 spiro atoms. The molecule has 2 unspecified atom stereocenters. The second-order valence-electron chi connectivity index (χ2n) is 14.4. The van der Waals surface area contributed by atoms with Gasteiger partial charge in [0.25, 0.3) is 0 Å². The minimum absolute atomic E-state index is 0.117. The molecule has 3 fully saturated rings. The topological polar surface area (TPSA) is 177 Å². The molecule has 3 saturated heterocycles. The molecule has 9 rings (SSSR count). The Morgan fingerprint density at radius 2 is 1.19 bits per heavy atom. The van der Waals surface area contributed by atoms with Crippen molar-refractivity contribution in [2.45, 2.75) is 65.2 Å². The van der Waals surface area contributed by atoms with Crippen LogP contribution in [0.2, 0.25) is 25.6 Å². The molecule has 0 saturated carbocycles. The molecule has 0 N–H and O–H groups in total. The summed E-state index contributed by atoms with van der Waals surface area (Å²) >= 11 is 6.05. The summed E-state index contributed by atoms with van der Waals surface area (Å²) in [5, 5.41) is 28.0. The first-order chi connectivity index (χ1) is 27.5. The maximum absolute atomic E-state index is 12.4. The van der Waals surface area contributed by atoms with E-state index in [9.17, 15) is 20.1 Å². The van der Waals surface area contributed by atoms with Crippen molar-refractivity contribution in [3.63, 3.8) is 0 Å². The summed E-state index contributed by atoms with van der Waals surface area (Å²) in [5.41, 5.74) is 6.36. The molecule has 4 aromatic heterocycles. The number of fused-ring (bicyclic) bond motifs is 2. The van der Waals surface area contributed by atoms with E-state index in [2.05, 4.69) is 42.1 Å². The van der Waals surface area contributed by atoms with Crippen LogP contribution in [0.3, 0.4) is 0 Å². The number of carbonyl (C=O) groups excluding carboxylic acids is 2. The summed E-state index contributed by atoms with van der Waals surface area (Å²) in [4.78, 5) is 37.4. The SMILES string of the molecule is CB1OB(C)OB(C)O1.Cc1cc2c(cn1)CC(=O)C(C#N)=C2N1CCC(n2cccn2)C1.N#CC1=C(N2CCC(n3cccn3)C2)c2cc(Cl)ncc2CC1=O. The lowest BCUT2D eigenvalue weighted by Gasteiger charge is -2.28. The molecule has 0 radical (unpaired) electrons. The molecule has 3 aliphatic heterocycles. The number of likely N-dealkylation sites (tertiary alicyclic amines) is 2. The molecule has 2 atom stereocenters. The van der Waals surface area contributed by atoms with Gasteiger partial charge in [0.2, 0.25) is 0 Å². The Morgan fingerprint density at radius 3 is 1.63 bits per heavy atom. The van der Waals surface area contributed by atoms with Gasteiger partial charge in [-0.2, -0.15) is 20.7 Å². The molecular weight excluding hydrogens is 744 g/mol. The third-order valence-corrected chi connectivity index (χ3v) is 10.7. The van der Waals surface area contributed by atoms with Crippen LogP contribution in [0.4, 0.5) is 0 Å². The van der Waals surface area contributed by atoms with Gasteiger partial charge in [-0.05, 0) is 75.6 Å². The number of ketones is 2. The van der Waals surface area contributed by atoms with Crippen LogP contribution < -0.4 is 0 Å². The monoisotopic (exact) mass is 784 g/mol. The van der Waals surface area contributed by atoms with Gasteiger partial charge in [-0.15, -0.1) is 0 Å². The minimum Gasteiger partial charge on any atom is -0.453 e. The van der Waals surface area contributed by atoms with Crippen molar-refractivity contribution in [1.82, 2.24) is 39.3 Å². The first kappa shape index (κ1) is 39.7. The molecule has 0 amide bonds. The van der Waals surface area contributed by atoms with E-state index < -0.39 is 0 Å². The molecule has 2 aliphatic carbocycles. The fourth-order valence-electron chi connectivity index (χ4n) is 7.93. The first-order valence-electron chi connectivity index (χ1n) is 18.9. The molecule has 7 heterocycles. The summed E-state index contributed by atoms with van der Waals surface area (Å²) < 4.78 is 19.2. The Hall–Kier alpha value is -5.52. The van der Waals surface area contributed by atoms with Gasteiger partial charge in [-0.1, -0.05) is 11.6 Å². The number of aromatic nitrogens is 6. The van der Waals surface area contributed by atoms with Crippen LogP contribution in [0.15, 0.2) is 72.6 Å². The fourth-order valence-corrected chi connectivity index (χ4v) is 8.09. The third-order valence-electron chi connectivity index (χ3n) is 10.5. The average Bonchev–Trinajstić information content (AvgIpc) is 4.02. The van der Waals surface area contributed by atoms with E-state index in [4.69, 9.17) is 25.3 Å². The van der Waals surface area contributed by atoms with Crippen molar-refractivity contribution in [2.24, 2.45) is 0 Å². The van der Waals surface area contributed by atoms with Crippen molar-refractivity contribution >= 4 is 55.9 Å². The van der Waals surface area contributed by atoms with E-state index in [0.717, 1.165) is 66.1 Å². The molecule has 15 nitrogen and oxygen atoms in total. The number of Topliss-reactive ketones (excluding diaryl/α,β-unsaturated/α-hetero) is 2. The third kappa shape index (κ3) is 8.75. The van der Waals surface area contributed by atoms with Crippen LogP contribution >= 0.6 is 11.6 Å². The fraction of sp³-hybridized carbons (Fsp3) is 0.368. The number of pyridine rings is 2. The molecule has 19 heteroatoms. The minimum atomic E-state index is -0.160. The highest BCUT2D eigenvalue weighted by Gasteiger charge is 2.36. The lowest BCUT2D eigenvalue weighted by atomic mass is 9.74. The molecule has 4 aromatic rings. The van der Waals surface area contributed by atoms with Crippen LogP contribution in [-0.4, -0.2) is 98.4 Å². The van der Waals surface area contributed by atoms with Crippen molar-refractivity contribution in [3.8, 4) is 12.1 Å². The van der Waals surface area contributed by atoms with Gasteiger partial charge in [-0.3, -0.25) is 23.9 Å². The maximum atomic E-state index is 12.4. The van der Waals surface area contributed by atoms with Crippen LogP contribution in [0.1, 0.15) is 52.9 Å². The van der Waals surface area contributed by atoms with Gasteiger partial charge in [0, 0.05) is 93.0 Å². The number of hydrogen-bond acceptors (Lipinski definition) is 13. The number of aryl methyl sites for hydroxylation is 1. The summed E-state index contributed by atoms with van der Waals surface area (Å²) in [6, 6.07) is 12.3. The number of allylic oxidation sites excluding steroid dienone is 2. The standard InChI is InChI=1S/C18H17N5O.C17H14ClN5O.C3H9B3O3/c1-12-7-15-13(10-20-12)8-17(24)16(9-19)18(15)22-6-3-14(11-22)23-5-2-4-21-23;18-16-7-13-11(9-20-16)6-15(24)14(8-19)17(13)22-5-2-12(10-22)23-4-1-3-21-23;1-4-7-5(2)9-6(3)8-4/h2,4-5,7,10,14H,3,6,8,11H2,1H3;1,3-4,7,9,12H,2,5-6,10H2;1-3H3. The Balaban J connectivity index is 0.000000144. The highest BCUT2D eigenvalue weighted by Crippen LogP contribution is 2.38. The molecule has 57 heavy (non-hydrogen) atoms. The van der Waals surface area contributed by atoms with E-state index in [-0.39, 0.29) is 69.0 Å². The van der Waals surface area contributed by atoms with Crippen molar-refractivity contribution in [2.75, 3.05) is 26.2 Å². The zero-order valence-electron chi connectivity index (χ0n) is 32.2. The van der Waals surface area contributed by atoms with Crippen molar-refractivity contribution in [1.29, 1.82) is 10.5 Å². The lowest BCUT2D eigenvalue weighted by Crippen LogP contribution is -2.44. The van der Waals surface area contributed by atoms with Crippen molar-refractivity contribution in [3.05, 3.63) is 106 Å². The van der Waals surface area contributed by atoms with E-state index >= 15 is 0 Å². The summed E-state index contributed by atoms with van der Waals surface area (Å²) in [6.07, 6.45) is 13.1. The number of rotatable bonds is 4. The lowest BCUT2D eigenvalue weighted by molar-refractivity contribution is -0.115. The predicted molar refractivity (Wildman–Crippen MR) is 214 cm³/mol. The highest BCUT2D eigenvalue weighted by atomic mass is 35.5. The van der Waals surface area contributed by atoms with E-state index in [1.807, 2.05) is 67.3 Å². The summed E-state index contributed by atoms with van der Waals surface area (Å²) in [7, 11) is -0.406. The number of halogens is 1. The van der Waals surface area contributed by atoms with Crippen LogP contribution in [0.25, 0.3) is 11.4 Å². The quantitative estimate of drug-likeness (QED) is 0.209. The van der Waals surface area contributed by atoms with Crippen molar-refractivity contribution < 1.29 is 23.3 Å². The Kier molecular flexibility index (Phi) is 12.1. The van der Waals surface area contributed by atoms with Crippen LogP contribution in [0.5, 0.6) is 0 Å². The van der Waals surface area contributed by atoms with Gasteiger partial charge < -0.3 is 23.5 Å². The summed E-state index contributed by atoms with van der Waals surface area (Å²) in [5.74, 6) is -0.278. The van der Waals surface area contributed by atoms with E-state index in [1.165, 1.54) is 0 Å². The van der Waals surface area contributed by atoms with Gasteiger partial charge in [0.1, 0.15) is 28.4 Å².